The summed E-state index contributed by atoms with van der Waals surface area (Å²) < 4.78 is 0. The van der Waals surface area contributed by atoms with Gasteiger partial charge in [0.2, 0.25) is 11.8 Å². The molecule has 2 aromatic carbocycles. The first kappa shape index (κ1) is 19.1. The fraction of sp³-hybridized carbons (Fsp3) is 0.0556. The van der Waals surface area contributed by atoms with E-state index in [0.717, 1.165) is 6.20 Å². The SMILES string of the molecule is O=C(O)c1cccc(CNc2nc(Nc3ccc(Cl)cc3)ncc2[N+](=O)[O-])c1. The maximum Gasteiger partial charge on any atom is 0.335 e. The summed E-state index contributed by atoms with van der Waals surface area (Å²) in [5.74, 6) is -0.879. The number of hydrogen-bond donors (Lipinski definition) is 3. The van der Waals surface area contributed by atoms with Gasteiger partial charge in [0.1, 0.15) is 6.20 Å². The number of carboxylic acids is 1. The van der Waals surface area contributed by atoms with Gasteiger partial charge in [-0.2, -0.15) is 4.98 Å². The van der Waals surface area contributed by atoms with Crippen LogP contribution in [0.25, 0.3) is 0 Å². The van der Waals surface area contributed by atoms with Crippen LogP contribution in [0.15, 0.2) is 54.7 Å². The van der Waals surface area contributed by atoms with Gasteiger partial charge < -0.3 is 15.7 Å². The molecule has 0 saturated heterocycles. The molecule has 28 heavy (non-hydrogen) atoms. The number of carbonyl (C=O) groups is 1. The van der Waals surface area contributed by atoms with Crippen molar-refractivity contribution in [3.8, 4) is 0 Å². The summed E-state index contributed by atoms with van der Waals surface area (Å²) in [6.07, 6.45) is 1.10. The first-order valence-electron chi connectivity index (χ1n) is 8.02. The molecule has 0 bridgehead atoms. The van der Waals surface area contributed by atoms with E-state index in [0.29, 0.717) is 16.3 Å². The van der Waals surface area contributed by atoms with Crippen molar-refractivity contribution in [3.63, 3.8) is 0 Å². The van der Waals surface area contributed by atoms with E-state index < -0.39 is 10.9 Å². The van der Waals surface area contributed by atoms with Gasteiger partial charge in [-0.05, 0) is 42.0 Å². The second-order valence-corrected chi connectivity index (χ2v) is 6.11. The lowest BCUT2D eigenvalue weighted by atomic mass is 10.1. The molecule has 0 fully saturated rings. The number of aromatic nitrogens is 2. The second kappa shape index (κ2) is 8.31. The summed E-state index contributed by atoms with van der Waals surface area (Å²) in [5, 5.41) is 26.7. The van der Waals surface area contributed by atoms with Crippen molar-refractivity contribution in [3.05, 3.63) is 81.0 Å². The van der Waals surface area contributed by atoms with Crippen LogP contribution in [-0.2, 0) is 6.54 Å². The lowest BCUT2D eigenvalue weighted by molar-refractivity contribution is -0.384. The van der Waals surface area contributed by atoms with Gasteiger partial charge in [-0.15, -0.1) is 0 Å². The van der Waals surface area contributed by atoms with Crippen LogP contribution in [0.1, 0.15) is 15.9 Å². The fourth-order valence-electron chi connectivity index (χ4n) is 2.36. The molecule has 1 heterocycles. The third-order valence-electron chi connectivity index (χ3n) is 3.70. The van der Waals surface area contributed by atoms with Crippen molar-refractivity contribution in [1.82, 2.24) is 9.97 Å². The molecule has 142 valence electrons. The zero-order valence-corrected chi connectivity index (χ0v) is 15.1. The Kier molecular flexibility index (Phi) is 5.66. The minimum Gasteiger partial charge on any atom is -0.478 e. The lowest BCUT2D eigenvalue weighted by Crippen LogP contribution is -2.08. The van der Waals surface area contributed by atoms with Gasteiger partial charge in [-0.1, -0.05) is 23.7 Å². The van der Waals surface area contributed by atoms with Crippen molar-refractivity contribution in [2.24, 2.45) is 0 Å². The van der Waals surface area contributed by atoms with Gasteiger partial charge in [0.25, 0.3) is 0 Å². The van der Waals surface area contributed by atoms with Crippen molar-refractivity contribution in [2.45, 2.75) is 6.54 Å². The van der Waals surface area contributed by atoms with Gasteiger partial charge in [-0.25, -0.2) is 9.78 Å². The number of nitrogens with zero attached hydrogens (tertiary/aromatic N) is 3. The van der Waals surface area contributed by atoms with Crippen LogP contribution in [-0.4, -0.2) is 26.0 Å². The summed E-state index contributed by atoms with van der Waals surface area (Å²) in [5.41, 5.74) is 1.14. The molecule has 9 nitrogen and oxygen atoms in total. The highest BCUT2D eigenvalue weighted by atomic mass is 35.5. The summed E-state index contributed by atoms with van der Waals surface area (Å²) in [6.45, 7) is 0.152. The summed E-state index contributed by atoms with van der Waals surface area (Å²) in [7, 11) is 0. The molecule has 0 spiro atoms. The summed E-state index contributed by atoms with van der Waals surface area (Å²) in [6, 6.07) is 13.1. The Morgan fingerprint density at radius 3 is 2.64 bits per heavy atom. The van der Waals surface area contributed by atoms with Crippen molar-refractivity contribution >= 4 is 40.7 Å². The van der Waals surface area contributed by atoms with Crippen molar-refractivity contribution < 1.29 is 14.8 Å². The molecular weight excluding hydrogens is 386 g/mol. The Bertz CT molecular complexity index is 1030. The number of nitro groups is 1. The van der Waals surface area contributed by atoms with Gasteiger partial charge in [0.15, 0.2) is 0 Å². The van der Waals surface area contributed by atoms with Gasteiger partial charge >= 0.3 is 11.7 Å². The highest BCUT2D eigenvalue weighted by Crippen LogP contribution is 2.24. The first-order valence-corrected chi connectivity index (χ1v) is 8.40. The van der Waals surface area contributed by atoms with E-state index in [1.165, 1.54) is 12.1 Å². The van der Waals surface area contributed by atoms with Gasteiger partial charge in [0, 0.05) is 17.3 Å². The normalized spacial score (nSPS) is 10.3. The molecule has 3 N–H and O–H groups in total. The fourth-order valence-corrected chi connectivity index (χ4v) is 2.49. The molecule has 0 atom stereocenters. The quantitative estimate of drug-likeness (QED) is 0.400. The van der Waals surface area contributed by atoms with E-state index >= 15 is 0 Å². The molecule has 0 aliphatic rings. The molecule has 3 rings (SSSR count). The van der Waals surface area contributed by atoms with E-state index in [1.54, 1.807) is 36.4 Å². The summed E-state index contributed by atoms with van der Waals surface area (Å²) in [4.78, 5) is 29.8. The summed E-state index contributed by atoms with van der Waals surface area (Å²) >= 11 is 5.84. The number of rotatable bonds is 7. The van der Waals surface area contributed by atoms with E-state index in [-0.39, 0.29) is 29.6 Å². The van der Waals surface area contributed by atoms with Crippen LogP contribution in [0.2, 0.25) is 5.02 Å². The molecule has 0 aliphatic heterocycles. The van der Waals surface area contributed by atoms with Crippen LogP contribution in [0.4, 0.5) is 23.1 Å². The molecule has 0 aliphatic carbocycles. The van der Waals surface area contributed by atoms with Gasteiger partial charge in [0.05, 0.1) is 10.5 Å². The number of anilines is 3. The van der Waals surface area contributed by atoms with Crippen LogP contribution in [0.5, 0.6) is 0 Å². The Hall–Kier alpha value is -3.72. The van der Waals surface area contributed by atoms with Crippen LogP contribution >= 0.6 is 11.6 Å². The Labute approximate surface area is 164 Å². The van der Waals surface area contributed by atoms with Gasteiger partial charge in [-0.3, -0.25) is 10.1 Å². The topological polar surface area (TPSA) is 130 Å². The lowest BCUT2D eigenvalue weighted by Gasteiger charge is -2.09. The average Bonchev–Trinajstić information content (AvgIpc) is 2.68. The Morgan fingerprint density at radius 1 is 1.21 bits per heavy atom. The molecule has 0 unspecified atom stereocenters. The van der Waals surface area contributed by atoms with Crippen LogP contribution in [0.3, 0.4) is 0 Å². The third kappa shape index (κ3) is 4.71. The molecule has 0 radical (unpaired) electrons. The minimum absolute atomic E-state index is 0.0113. The third-order valence-corrected chi connectivity index (χ3v) is 3.95. The molecular formula is C18H14ClN5O4. The van der Waals surface area contributed by atoms with Crippen LogP contribution < -0.4 is 10.6 Å². The van der Waals surface area contributed by atoms with E-state index in [2.05, 4.69) is 20.6 Å². The molecule has 3 aromatic rings. The maximum absolute atomic E-state index is 11.3. The smallest absolute Gasteiger partial charge is 0.335 e. The Balaban J connectivity index is 1.81. The zero-order chi connectivity index (χ0) is 20.1. The Morgan fingerprint density at radius 2 is 1.96 bits per heavy atom. The first-order chi connectivity index (χ1) is 13.4. The van der Waals surface area contributed by atoms with Crippen molar-refractivity contribution in [1.29, 1.82) is 0 Å². The average molecular weight is 400 g/mol. The maximum atomic E-state index is 11.3. The molecule has 0 amide bonds. The van der Waals surface area contributed by atoms with E-state index in [1.807, 2.05) is 0 Å². The number of nitrogens with one attached hydrogen (secondary N) is 2. The highest BCUT2D eigenvalue weighted by Gasteiger charge is 2.17. The number of benzene rings is 2. The largest absolute Gasteiger partial charge is 0.478 e. The molecule has 10 heteroatoms. The van der Waals surface area contributed by atoms with Crippen molar-refractivity contribution in [2.75, 3.05) is 10.6 Å². The second-order valence-electron chi connectivity index (χ2n) is 5.68. The minimum atomic E-state index is -1.05. The highest BCUT2D eigenvalue weighted by molar-refractivity contribution is 6.30. The zero-order valence-electron chi connectivity index (χ0n) is 14.3. The number of aromatic carboxylic acids is 1. The molecule has 0 saturated carbocycles. The molecule has 1 aromatic heterocycles. The predicted octanol–water partition coefficient (Wildman–Crippen LogP) is 4.09. The number of hydrogen-bond acceptors (Lipinski definition) is 7. The van der Waals surface area contributed by atoms with Crippen LogP contribution in [0, 0.1) is 10.1 Å². The number of carboxylic acid groups (broad SMARTS) is 1. The number of halogens is 1. The monoisotopic (exact) mass is 399 g/mol. The predicted molar refractivity (Wildman–Crippen MR) is 104 cm³/mol. The standard InChI is InChI=1S/C18H14ClN5O4/c19-13-4-6-14(7-5-13)22-18-21-10-15(24(27)28)16(23-18)20-9-11-2-1-3-12(8-11)17(25)26/h1-8,10H,9H2,(H,25,26)(H2,20,21,22,23). The van der Waals surface area contributed by atoms with E-state index in [4.69, 9.17) is 16.7 Å². The van der Waals surface area contributed by atoms with E-state index in [9.17, 15) is 14.9 Å².